The number of amides is 1. The minimum absolute atomic E-state index is 0.384. The van der Waals surface area contributed by atoms with E-state index in [9.17, 15) is 4.79 Å². The molecule has 3 aromatic rings. The lowest BCUT2D eigenvalue weighted by Crippen LogP contribution is -2.32. The lowest BCUT2D eigenvalue weighted by atomic mass is 10.1. The SMILES string of the molecule is COc1ccc2c(c1)c(C#Cc1ccccc1)c(C(=O)NN)n2C. The summed E-state index contributed by atoms with van der Waals surface area (Å²) in [5.74, 6) is 11.9. The van der Waals surface area contributed by atoms with E-state index in [0.29, 0.717) is 17.0 Å². The van der Waals surface area contributed by atoms with Gasteiger partial charge in [-0.25, -0.2) is 5.84 Å². The van der Waals surface area contributed by atoms with Crippen LogP contribution in [-0.4, -0.2) is 17.6 Å². The van der Waals surface area contributed by atoms with Crippen molar-refractivity contribution >= 4 is 16.8 Å². The minimum Gasteiger partial charge on any atom is -0.497 e. The molecule has 0 spiro atoms. The number of nitrogen functional groups attached to an aromatic ring is 1. The number of fused-ring (bicyclic) bond motifs is 1. The zero-order chi connectivity index (χ0) is 17.1. The van der Waals surface area contributed by atoms with Crippen molar-refractivity contribution in [1.29, 1.82) is 0 Å². The molecule has 0 fully saturated rings. The molecule has 120 valence electrons. The van der Waals surface area contributed by atoms with Crippen LogP contribution >= 0.6 is 0 Å². The second kappa shape index (κ2) is 6.49. The van der Waals surface area contributed by atoms with E-state index >= 15 is 0 Å². The lowest BCUT2D eigenvalue weighted by molar-refractivity contribution is 0.0945. The summed E-state index contributed by atoms with van der Waals surface area (Å²) in [5.41, 5.74) is 4.99. The van der Waals surface area contributed by atoms with Crippen LogP contribution in [0.3, 0.4) is 0 Å². The van der Waals surface area contributed by atoms with E-state index in [1.165, 1.54) is 0 Å². The molecular weight excluding hydrogens is 302 g/mol. The lowest BCUT2D eigenvalue weighted by Gasteiger charge is -2.03. The quantitative estimate of drug-likeness (QED) is 0.329. The molecule has 1 amide bonds. The second-order valence-electron chi connectivity index (χ2n) is 5.26. The molecule has 0 aliphatic heterocycles. The number of aromatic nitrogens is 1. The van der Waals surface area contributed by atoms with Crippen LogP contribution in [0.5, 0.6) is 5.75 Å². The van der Waals surface area contributed by atoms with Crippen molar-refractivity contribution in [3.05, 3.63) is 65.4 Å². The Hall–Kier alpha value is -3.23. The van der Waals surface area contributed by atoms with Crippen LogP contribution in [0.4, 0.5) is 0 Å². The number of nitrogens with one attached hydrogen (secondary N) is 1. The largest absolute Gasteiger partial charge is 0.497 e. The molecule has 0 aliphatic rings. The fourth-order valence-corrected chi connectivity index (χ4v) is 2.67. The first-order valence-electron chi connectivity index (χ1n) is 7.40. The van der Waals surface area contributed by atoms with Crippen LogP contribution in [0.25, 0.3) is 10.9 Å². The highest BCUT2D eigenvalue weighted by Gasteiger charge is 2.19. The maximum absolute atomic E-state index is 12.2. The van der Waals surface area contributed by atoms with Crippen molar-refractivity contribution in [3.8, 4) is 17.6 Å². The molecule has 3 N–H and O–H groups in total. The molecule has 1 aromatic heterocycles. The number of hydrazine groups is 1. The number of hydrogen-bond donors (Lipinski definition) is 2. The zero-order valence-corrected chi connectivity index (χ0v) is 13.5. The van der Waals surface area contributed by atoms with Crippen LogP contribution in [0, 0.1) is 11.8 Å². The zero-order valence-electron chi connectivity index (χ0n) is 13.5. The predicted octanol–water partition coefficient (Wildman–Crippen LogP) is 2.19. The second-order valence-corrected chi connectivity index (χ2v) is 5.26. The number of rotatable bonds is 2. The number of methoxy groups -OCH3 is 1. The summed E-state index contributed by atoms with van der Waals surface area (Å²) < 4.78 is 7.08. The molecule has 0 unspecified atom stereocenters. The Labute approximate surface area is 140 Å². The average molecular weight is 319 g/mol. The molecule has 5 heteroatoms. The molecule has 2 aromatic carbocycles. The van der Waals surface area contributed by atoms with Crippen LogP contribution in [-0.2, 0) is 7.05 Å². The van der Waals surface area contributed by atoms with Gasteiger partial charge in [0, 0.05) is 23.5 Å². The van der Waals surface area contributed by atoms with Crippen molar-refractivity contribution < 1.29 is 9.53 Å². The molecular formula is C19H17N3O2. The fraction of sp³-hybridized carbons (Fsp3) is 0.105. The highest BCUT2D eigenvalue weighted by atomic mass is 16.5. The molecule has 0 aliphatic carbocycles. The number of benzene rings is 2. The molecule has 0 saturated carbocycles. The Balaban J connectivity index is 2.27. The van der Waals surface area contributed by atoms with Crippen molar-refractivity contribution in [1.82, 2.24) is 9.99 Å². The topological polar surface area (TPSA) is 69.3 Å². The smallest absolute Gasteiger partial charge is 0.283 e. The number of hydrogen-bond acceptors (Lipinski definition) is 3. The Kier molecular flexibility index (Phi) is 4.23. The molecule has 1 heterocycles. The van der Waals surface area contributed by atoms with Gasteiger partial charge in [0.2, 0.25) is 0 Å². The number of ether oxygens (including phenoxy) is 1. The third kappa shape index (κ3) is 2.71. The van der Waals surface area contributed by atoms with Crippen LogP contribution < -0.4 is 16.0 Å². The van der Waals surface area contributed by atoms with Crippen molar-refractivity contribution in [2.75, 3.05) is 7.11 Å². The van der Waals surface area contributed by atoms with Gasteiger partial charge in [-0.05, 0) is 30.3 Å². The van der Waals surface area contributed by atoms with Crippen LogP contribution in [0.15, 0.2) is 48.5 Å². The number of aryl methyl sites for hydroxylation is 1. The summed E-state index contributed by atoms with van der Waals surface area (Å²) in [6.45, 7) is 0. The molecule has 0 atom stereocenters. The van der Waals surface area contributed by atoms with Gasteiger partial charge in [0.05, 0.1) is 12.7 Å². The van der Waals surface area contributed by atoms with Crippen LogP contribution in [0.1, 0.15) is 21.6 Å². The van der Waals surface area contributed by atoms with E-state index in [-0.39, 0.29) is 5.91 Å². The molecule has 0 bridgehead atoms. The van der Waals surface area contributed by atoms with Crippen LogP contribution in [0.2, 0.25) is 0 Å². The van der Waals surface area contributed by atoms with Gasteiger partial charge in [0.25, 0.3) is 5.91 Å². The van der Waals surface area contributed by atoms with E-state index in [2.05, 4.69) is 17.3 Å². The molecule has 3 rings (SSSR count). The summed E-state index contributed by atoms with van der Waals surface area (Å²) in [4.78, 5) is 12.2. The van der Waals surface area contributed by atoms with Crippen molar-refractivity contribution in [2.45, 2.75) is 0 Å². The fourth-order valence-electron chi connectivity index (χ4n) is 2.67. The van der Waals surface area contributed by atoms with E-state index in [1.54, 1.807) is 11.7 Å². The highest BCUT2D eigenvalue weighted by Crippen LogP contribution is 2.28. The van der Waals surface area contributed by atoms with Crippen molar-refractivity contribution in [3.63, 3.8) is 0 Å². The maximum atomic E-state index is 12.2. The van der Waals surface area contributed by atoms with E-state index in [1.807, 2.05) is 55.6 Å². The standard InChI is InChI=1S/C19H17N3O2/c1-22-17-11-9-14(24-2)12-16(17)15(18(22)19(23)21-20)10-8-13-6-4-3-5-7-13/h3-7,9,11-12H,20H2,1-2H3,(H,21,23). The third-order valence-electron chi connectivity index (χ3n) is 3.86. The molecule has 0 radical (unpaired) electrons. The van der Waals surface area contributed by atoms with E-state index in [0.717, 1.165) is 16.5 Å². The van der Waals surface area contributed by atoms with Crippen molar-refractivity contribution in [2.24, 2.45) is 12.9 Å². The average Bonchev–Trinajstić information content (AvgIpc) is 2.91. The maximum Gasteiger partial charge on any atom is 0.283 e. The number of carbonyl (C=O) groups excluding carboxylic acids is 1. The number of nitrogens with two attached hydrogens (primary N) is 1. The first kappa shape index (κ1) is 15.7. The first-order chi connectivity index (χ1) is 11.7. The summed E-state index contributed by atoms with van der Waals surface area (Å²) in [7, 11) is 3.42. The number of carbonyl (C=O) groups is 1. The van der Waals surface area contributed by atoms with Gasteiger partial charge in [-0.1, -0.05) is 30.0 Å². The Bertz CT molecular complexity index is 963. The Morgan fingerprint density at radius 1 is 1.17 bits per heavy atom. The van der Waals surface area contributed by atoms with Gasteiger partial charge >= 0.3 is 0 Å². The first-order valence-corrected chi connectivity index (χ1v) is 7.40. The van der Waals surface area contributed by atoms with Gasteiger partial charge < -0.3 is 9.30 Å². The number of nitrogens with zero attached hydrogens (tertiary/aromatic N) is 1. The highest BCUT2D eigenvalue weighted by molar-refractivity contribution is 6.03. The Morgan fingerprint density at radius 3 is 2.58 bits per heavy atom. The summed E-state index contributed by atoms with van der Waals surface area (Å²) in [6, 6.07) is 15.2. The third-order valence-corrected chi connectivity index (χ3v) is 3.86. The summed E-state index contributed by atoms with van der Waals surface area (Å²) >= 11 is 0. The van der Waals surface area contributed by atoms with Gasteiger partial charge in [0.15, 0.2) is 0 Å². The predicted molar refractivity (Wildman–Crippen MR) is 93.5 cm³/mol. The molecule has 0 saturated heterocycles. The van der Waals surface area contributed by atoms with E-state index < -0.39 is 0 Å². The normalized spacial score (nSPS) is 10.1. The molecule has 5 nitrogen and oxygen atoms in total. The van der Waals surface area contributed by atoms with E-state index in [4.69, 9.17) is 10.6 Å². The summed E-state index contributed by atoms with van der Waals surface area (Å²) in [5, 5.41) is 0.846. The molecule has 24 heavy (non-hydrogen) atoms. The van der Waals surface area contributed by atoms with Gasteiger partial charge in [-0.3, -0.25) is 10.2 Å². The monoisotopic (exact) mass is 319 g/mol. The van der Waals surface area contributed by atoms with Gasteiger partial charge in [-0.2, -0.15) is 0 Å². The summed E-state index contributed by atoms with van der Waals surface area (Å²) in [6.07, 6.45) is 0. The minimum atomic E-state index is -0.384. The van der Waals surface area contributed by atoms with Gasteiger partial charge in [0.1, 0.15) is 11.4 Å². The van der Waals surface area contributed by atoms with Gasteiger partial charge in [-0.15, -0.1) is 0 Å². The Morgan fingerprint density at radius 2 is 1.92 bits per heavy atom.